The molecule has 1 fully saturated rings. The summed E-state index contributed by atoms with van der Waals surface area (Å²) in [5.74, 6) is 0.418. The Morgan fingerprint density at radius 1 is 1.25 bits per heavy atom. The molecular weight excluding hydrogens is 248 g/mol. The van der Waals surface area contributed by atoms with Crippen LogP contribution in [0.1, 0.15) is 36.5 Å². The first-order chi connectivity index (χ1) is 9.54. The molecule has 2 rings (SSSR count). The Labute approximate surface area is 122 Å². The van der Waals surface area contributed by atoms with E-state index in [9.17, 15) is 4.79 Å². The summed E-state index contributed by atoms with van der Waals surface area (Å²) in [6.45, 7) is 8.26. The number of nitrogens with one attached hydrogen (secondary N) is 2. The van der Waals surface area contributed by atoms with Crippen molar-refractivity contribution < 1.29 is 4.79 Å². The first-order valence-electron chi connectivity index (χ1n) is 7.63. The molecule has 0 saturated carbocycles. The summed E-state index contributed by atoms with van der Waals surface area (Å²) in [4.78, 5) is 12.2. The van der Waals surface area contributed by atoms with Gasteiger partial charge < -0.3 is 10.6 Å². The maximum Gasteiger partial charge on any atom is 0.223 e. The highest BCUT2D eigenvalue weighted by Gasteiger charge is 2.21. The van der Waals surface area contributed by atoms with Gasteiger partial charge in [-0.2, -0.15) is 0 Å². The number of benzene rings is 1. The van der Waals surface area contributed by atoms with Crippen LogP contribution >= 0.6 is 0 Å². The van der Waals surface area contributed by atoms with Crippen LogP contribution in [0.15, 0.2) is 18.2 Å². The summed E-state index contributed by atoms with van der Waals surface area (Å²) in [7, 11) is 0. The van der Waals surface area contributed by atoms with Crippen LogP contribution in [-0.4, -0.2) is 25.0 Å². The summed E-state index contributed by atoms with van der Waals surface area (Å²) < 4.78 is 0. The van der Waals surface area contributed by atoms with Crippen LogP contribution < -0.4 is 10.6 Å². The van der Waals surface area contributed by atoms with Crippen molar-refractivity contribution in [2.75, 3.05) is 13.1 Å². The molecule has 1 heterocycles. The second kappa shape index (κ2) is 6.89. The maximum atomic E-state index is 12.2. The van der Waals surface area contributed by atoms with Gasteiger partial charge in [0.25, 0.3) is 0 Å². The average Bonchev–Trinajstić information content (AvgIpc) is 2.38. The summed E-state index contributed by atoms with van der Waals surface area (Å²) in [5, 5.41) is 6.47. The number of amides is 1. The zero-order valence-electron chi connectivity index (χ0n) is 12.8. The van der Waals surface area contributed by atoms with Crippen molar-refractivity contribution in [2.24, 2.45) is 5.92 Å². The monoisotopic (exact) mass is 274 g/mol. The fraction of sp³-hybridized carbons (Fsp3) is 0.588. The standard InChI is InChI=1S/C17H26N2O/c1-12-8-13(2)10-15(9-12)11-14(3)19-17(20)16-4-6-18-7-5-16/h8-10,14,16,18H,4-7,11H2,1-3H3,(H,19,20). The van der Waals surface area contributed by atoms with E-state index in [-0.39, 0.29) is 17.9 Å². The molecule has 1 unspecified atom stereocenters. The fourth-order valence-corrected chi connectivity index (χ4v) is 3.04. The van der Waals surface area contributed by atoms with Crippen LogP contribution in [0.3, 0.4) is 0 Å². The molecule has 1 aliphatic heterocycles. The molecular formula is C17H26N2O. The number of carbonyl (C=O) groups excluding carboxylic acids is 1. The van der Waals surface area contributed by atoms with Crippen molar-refractivity contribution in [2.45, 2.75) is 46.1 Å². The van der Waals surface area contributed by atoms with E-state index in [4.69, 9.17) is 0 Å². The number of rotatable bonds is 4. The minimum absolute atomic E-state index is 0.193. The minimum Gasteiger partial charge on any atom is -0.353 e. The lowest BCUT2D eigenvalue weighted by molar-refractivity contribution is -0.126. The topological polar surface area (TPSA) is 41.1 Å². The molecule has 0 bridgehead atoms. The minimum atomic E-state index is 0.193. The van der Waals surface area contributed by atoms with Gasteiger partial charge in [0.05, 0.1) is 0 Å². The average molecular weight is 274 g/mol. The maximum absolute atomic E-state index is 12.2. The smallest absolute Gasteiger partial charge is 0.223 e. The molecule has 20 heavy (non-hydrogen) atoms. The molecule has 0 spiro atoms. The first kappa shape index (κ1) is 15.0. The van der Waals surface area contributed by atoms with Crippen molar-refractivity contribution in [1.29, 1.82) is 0 Å². The molecule has 3 heteroatoms. The Bertz CT molecular complexity index is 444. The van der Waals surface area contributed by atoms with Gasteiger partial charge in [0.2, 0.25) is 5.91 Å². The normalized spacial score (nSPS) is 17.8. The van der Waals surface area contributed by atoms with Gasteiger partial charge in [-0.15, -0.1) is 0 Å². The molecule has 1 aliphatic rings. The number of hydrogen-bond donors (Lipinski definition) is 2. The largest absolute Gasteiger partial charge is 0.353 e. The number of aryl methyl sites for hydroxylation is 2. The predicted octanol–water partition coefficient (Wildman–Crippen LogP) is 2.35. The van der Waals surface area contributed by atoms with E-state index in [1.165, 1.54) is 16.7 Å². The van der Waals surface area contributed by atoms with Gasteiger partial charge in [-0.05, 0) is 58.7 Å². The second-order valence-electron chi connectivity index (χ2n) is 6.13. The highest BCUT2D eigenvalue weighted by Crippen LogP contribution is 2.14. The van der Waals surface area contributed by atoms with Crippen LogP contribution in [0.25, 0.3) is 0 Å². The van der Waals surface area contributed by atoms with E-state index in [0.29, 0.717) is 0 Å². The number of hydrogen-bond acceptors (Lipinski definition) is 2. The molecule has 1 aromatic carbocycles. The highest BCUT2D eigenvalue weighted by atomic mass is 16.1. The van der Waals surface area contributed by atoms with Gasteiger partial charge in [0, 0.05) is 12.0 Å². The Morgan fingerprint density at radius 3 is 2.45 bits per heavy atom. The van der Waals surface area contributed by atoms with Crippen LogP contribution in [0.5, 0.6) is 0 Å². The lowest BCUT2D eigenvalue weighted by Gasteiger charge is -2.24. The van der Waals surface area contributed by atoms with Gasteiger partial charge in [0.1, 0.15) is 0 Å². The van der Waals surface area contributed by atoms with Gasteiger partial charge in [-0.25, -0.2) is 0 Å². The van der Waals surface area contributed by atoms with Crippen molar-refractivity contribution >= 4 is 5.91 Å². The summed E-state index contributed by atoms with van der Waals surface area (Å²) >= 11 is 0. The molecule has 110 valence electrons. The third kappa shape index (κ3) is 4.34. The van der Waals surface area contributed by atoms with Crippen LogP contribution in [0.2, 0.25) is 0 Å². The van der Waals surface area contributed by atoms with Crippen LogP contribution in [0, 0.1) is 19.8 Å². The lowest BCUT2D eigenvalue weighted by Crippen LogP contribution is -2.42. The van der Waals surface area contributed by atoms with Crippen molar-refractivity contribution in [1.82, 2.24) is 10.6 Å². The van der Waals surface area contributed by atoms with Crippen molar-refractivity contribution in [3.05, 3.63) is 34.9 Å². The van der Waals surface area contributed by atoms with Crippen molar-refractivity contribution in [3.8, 4) is 0 Å². The van der Waals surface area contributed by atoms with Gasteiger partial charge in [-0.3, -0.25) is 4.79 Å². The van der Waals surface area contributed by atoms with E-state index in [0.717, 1.165) is 32.4 Å². The van der Waals surface area contributed by atoms with Crippen molar-refractivity contribution in [3.63, 3.8) is 0 Å². The van der Waals surface area contributed by atoms with Crippen LogP contribution in [0.4, 0.5) is 0 Å². The van der Waals surface area contributed by atoms with Crippen LogP contribution in [-0.2, 0) is 11.2 Å². The molecule has 0 radical (unpaired) electrons. The van der Waals surface area contributed by atoms with E-state index in [2.05, 4.69) is 49.6 Å². The molecule has 1 atom stereocenters. The number of piperidine rings is 1. The first-order valence-corrected chi connectivity index (χ1v) is 7.63. The Balaban J connectivity index is 1.88. The van der Waals surface area contributed by atoms with Gasteiger partial charge in [0.15, 0.2) is 0 Å². The third-order valence-electron chi connectivity index (χ3n) is 3.92. The molecule has 1 aromatic rings. The number of carbonyl (C=O) groups is 1. The molecule has 0 aliphatic carbocycles. The summed E-state index contributed by atoms with van der Waals surface area (Å²) in [5.41, 5.74) is 3.88. The molecule has 1 saturated heterocycles. The van der Waals surface area contributed by atoms with Gasteiger partial charge >= 0.3 is 0 Å². The Hall–Kier alpha value is -1.35. The van der Waals surface area contributed by atoms with E-state index >= 15 is 0 Å². The Kier molecular flexibility index (Phi) is 5.18. The van der Waals surface area contributed by atoms with Gasteiger partial charge in [-0.1, -0.05) is 29.3 Å². The SMILES string of the molecule is Cc1cc(C)cc(CC(C)NC(=O)C2CCNCC2)c1. The van der Waals surface area contributed by atoms with E-state index < -0.39 is 0 Å². The summed E-state index contributed by atoms with van der Waals surface area (Å²) in [6, 6.07) is 6.79. The zero-order valence-corrected chi connectivity index (χ0v) is 12.8. The Morgan fingerprint density at radius 2 is 1.85 bits per heavy atom. The molecule has 0 aromatic heterocycles. The predicted molar refractivity (Wildman–Crippen MR) is 82.8 cm³/mol. The third-order valence-corrected chi connectivity index (χ3v) is 3.92. The second-order valence-corrected chi connectivity index (χ2v) is 6.13. The van der Waals surface area contributed by atoms with E-state index in [1.807, 2.05) is 0 Å². The highest BCUT2D eigenvalue weighted by molar-refractivity contribution is 5.79. The molecule has 1 amide bonds. The quantitative estimate of drug-likeness (QED) is 0.885. The summed E-state index contributed by atoms with van der Waals surface area (Å²) in [6.07, 6.45) is 2.82. The molecule has 2 N–H and O–H groups in total. The fourth-order valence-electron chi connectivity index (χ4n) is 3.04. The lowest BCUT2D eigenvalue weighted by atomic mass is 9.96. The van der Waals surface area contributed by atoms with E-state index in [1.54, 1.807) is 0 Å². The molecule has 3 nitrogen and oxygen atoms in total. The zero-order chi connectivity index (χ0) is 14.5.